The van der Waals surface area contributed by atoms with E-state index in [4.69, 9.17) is 11.6 Å². The second-order valence-corrected chi connectivity index (χ2v) is 5.17. The molecule has 0 fully saturated rings. The number of hydrogen-bond acceptors (Lipinski definition) is 3. The summed E-state index contributed by atoms with van der Waals surface area (Å²) in [6, 6.07) is 8.87. The molecular formula is C16H15ClFN3O2. The Hall–Kier alpha value is -2.47. The average molecular weight is 336 g/mol. The van der Waals surface area contributed by atoms with Crippen LogP contribution < -0.4 is 10.6 Å². The fourth-order valence-electron chi connectivity index (χ4n) is 1.92. The molecule has 0 saturated heterocycles. The van der Waals surface area contributed by atoms with E-state index in [1.165, 1.54) is 24.4 Å². The van der Waals surface area contributed by atoms with E-state index in [-0.39, 0.29) is 42.3 Å². The van der Waals surface area contributed by atoms with E-state index in [9.17, 15) is 14.0 Å². The van der Waals surface area contributed by atoms with Crippen LogP contribution in [0.3, 0.4) is 0 Å². The molecule has 0 radical (unpaired) electrons. The molecule has 1 aromatic heterocycles. The van der Waals surface area contributed by atoms with Crippen molar-refractivity contribution in [1.29, 1.82) is 0 Å². The molecule has 0 aliphatic rings. The molecule has 5 nitrogen and oxygen atoms in total. The third-order valence-corrected chi connectivity index (χ3v) is 3.18. The summed E-state index contributed by atoms with van der Waals surface area (Å²) in [5, 5.41) is 5.55. The number of pyridine rings is 1. The van der Waals surface area contributed by atoms with Crippen LogP contribution >= 0.6 is 11.6 Å². The largest absolute Gasteiger partial charge is 0.354 e. The Labute approximate surface area is 137 Å². The monoisotopic (exact) mass is 335 g/mol. The average Bonchev–Trinajstić information content (AvgIpc) is 2.51. The summed E-state index contributed by atoms with van der Waals surface area (Å²) in [5.41, 5.74) is 0.994. The molecule has 0 atom stereocenters. The standard InChI is InChI=1S/C16H15ClFN3O2/c17-14-10-12(4-5-19-14)16(23)21-7-6-20-15(22)9-11-2-1-3-13(18)8-11/h1-5,8,10H,6-7,9H2,(H,20,22)(H,21,23). The van der Waals surface area contributed by atoms with Gasteiger partial charge in [-0.05, 0) is 29.8 Å². The molecule has 2 N–H and O–H groups in total. The molecule has 0 unspecified atom stereocenters. The zero-order valence-electron chi connectivity index (χ0n) is 12.2. The number of halogens is 2. The number of rotatable bonds is 6. The summed E-state index contributed by atoms with van der Waals surface area (Å²) >= 11 is 5.71. The SMILES string of the molecule is O=C(Cc1cccc(F)c1)NCCNC(=O)c1ccnc(Cl)c1. The predicted octanol–water partition coefficient (Wildman–Crippen LogP) is 1.96. The number of nitrogens with one attached hydrogen (secondary N) is 2. The van der Waals surface area contributed by atoms with Crippen molar-refractivity contribution < 1.29 is 14.0 Å². The van der Waals surface area contributed by atoms with E-state index in [2.05, 4.69) is 15.6 Å². The minimum Gasteiger partial charge on any atom is -0.354 e. The van der Waals surface area contributed by atoms with Crippen molar-refractivity contribution in [3.63, 3.8) is 0 Å². The lowest BCUT2D eigenvalue weighted by molar-refractivity contribution is -0.120. The van der Waals surface area contributed by atoms with E-state index >= 15 is 0 Å². The van der Waals surface area contributed by atoms with Crippen molar-refractivity contribution in [2.24, 2.45) is 0 Å². The van der Waals surface area contributed by atoms with Crippen LogP contribution in [0.2, 0.25) is 5.15 Å². The van der Waals surface area contributed by atoms with Crippen molar-refractivity contribution in [2.75, 3.05) is 13.1 Å². The van der Waals surface area contributed by atoms with Gasteiger partial charge in [-0.3, -0.25) is 9.59 Å². The lowest BCUT2D eigenvalue weighted by Gasteiger charge is -2.07. The first-order chi connectivity index (χ1) is 11.0. The van der Waals surface area contributed by atoms with Gasteiger partial charge in [0, 0.05) is 24.8 Å². The Morgan fingerprint density at radius 3 is 2.65 bits per heavy atom. The van der Waals surface area contributed by atoms with Gasteiger partial charge in [-0.25, -0.2) is 9.37 Å². The number of benzene rings is 1. The van der Waals surface area contributed by atoms with Gasteiger partial charge < -0.3 is 10.6 Å². The first-order valence-corrected chi connectivity index (χ1v) is 7.33. The highest BCUT2D eigenvalue weighted by atomic mass is 35.5. The molecule has 2 rings (SSSR count). The quantitative estimate of drug-likeness (QED) is 0.626. The van der Waals surface area contributed by atoms with Gasteiger partial charge in [0.25, 0.3) is 5.91 Å². The molecule has 0 bridgehead atoms. The maximum atomic E-state index is 13.0. The summed E-state index contributed by atoms with van der Waals surface area (Å²) in [6.07, 6.45) is 1.53. The Morgan fingerprint density at radius 1 is 1.13 bits per heavy atom. The number of aromatic nitrogens is 1. The van der Waals surface area contributed by atoms with Crippen LogP contribution in [0.1, 0.15) is 15.9 Å². The van der Waals surface area contributed by atoms with Gasteiger partial charge in [0.05, 0.1) is 6.42 Å². The van der Waals surface area contributed by atoms with Crippen LogP contribution in [0.4, 0.5) is 4.39 Å². The first kappa shape index (κ1) is 16.9. The zero-order valence-corrected chi connectivity index (χ0v) is 12.9. The maximum Gasteiger partial charge on any atom is 0.251 e. The third-order valence-electron chi connectivity index (χ3n) is 2.98. The number of hydrogen-bond donors (Lipinski definition) is 2. The second kappa shape index (κ2) is 8.24. The van der Waals surface area contributed by atoms with E-state index < -0.39 is 0 Å². The normalized spacial score (nSPS) is 10.2. The van der Waals surface area contributed by atoms with Crippen molar-refractivity contribution in [3.8, 4) is 0 Å². The Balaban J connectivity index is 1.70. The van der Waals surface area contributed by atoms with Crippen molar-refractivity contribution in [2.45, 2.75) is 6.42 Å². The highest BCUT2D eigenvalue weighted by Crippen LogP contribution is 2.06. The van der Waals surface area contributed by atoms with Gasteiger partial charge in [0.2, 0.25) is 5.91 Å². The molecule has 1 heterocycles. The molecule has 2 amide bonds. The van der Waals surface area contributed by atoms with Crippen LogP contribution in [0.5, 0.6) is 0 Å². The van der Waals surface area contributed by atoms with Crippen LogP contribution in [0, 0.1) is 5.82 Å². The highest BCUT2D eigenvalue weighted by molar-refractivity contribution is 6.29. The minimum atomic E-state index is -0.376. The van der Waals surface area contributed by atoms with Crippen molar-refractivity contribution in [1.82, 2.24) is 15.6 Å². The van der Waals surface area contributed by atoms with Crippen molar-refractivity contribution >= 4 is 23.4 Å². The molecule has 0 saturated carbocycles. The maximum absolute atomic E-state index is 13.0. The lowest BCUT2D eigenvalue weighted by Crippen LogP contribution is -2.35. The van der Waals surface area contributed by atoms with Gasteiger partial charge in [0.1, 0.15) is 11.0 Å². The summed E-state index contributed by atoms with van der Waals surface area (Å²) in [4.78, 5) is 27.3. The smallest absolute Gasteiger partial charge is 0.251 e. The van der Waals surface area contributed by atoms with Crippen LogP contribution in [0.15, 0.2) is 42.6 Å². The number of nitrogens with zero attached hydrogens (tertiary/aromatic N) is 1. The van der Waals surface area contributed by atoms with Crippen LogP contribution in [0.25, 0.3) is 0 Å². The number of carbonyl (C=O) groups excluding carboxylic acids is 2. The highest BCUT2D eigenvalue weighted by Gasteiger charge is 2.07. The molecule has 0 spiro atoms. The molecule has 0 aliphatic carbocycles. The summed E-state index contributed by atoms with van der Waals surface area (Å²) < 4.78 is 13.0. The second-order valence-electron chi connectivity index (χ2n) is 4.78. The molecule has 2 aromatic rings. The summed E-state index contributed by atoms with van der Waals surface area (Å²) in [7, 11) is 0. The Bertz CT molecular complexity index is 709. The Kier molecular flexibility index (Phi) is 6.05. The van der Waals surface area contributed by atoms with E-state index in [0.29, 0.717) is 11.1 Å². The minimum absolute atomic E-state index is 0.0890. The van der Waals surface area contributed by atoms with Gasteiger partial charge in [0.15, 0.2) is 0 Å². The number of carbonyl (C=O) groups is 2. The summed E-state index contributed by atoms with van der Waals surface area (Å²) in [5.74, 6) is -0.913. The van der Waals surface area contributed by atoms with Gasteiger partial charge >= 0.3 is 0 Å². The fourth-order valence-corrected chi connectivity index (χ4v) is 2.09. The van der Waals surface area contributed by atoms with E-state index in [1.807, 2.05) is 0 Å². The molecule has 7 heteroatoms. The number of amides is 2. The van der Waals surface area contributed by atoms with Gasteiger partial charge in [-0.2, -0.15) is 0 Å². The zero-order chi connectivity index (χ0) is 16.7. The Morgan fingerprint density at radius 2 is 1.91 bits per heavy atom. The van der Waals surface area contributed by atoms with E-state index in [0.717, 1.165) is 0 Å². The van der Waals surface area contributed by atoms with E-state index in [1.54, 1.807) is 18.2 Å². The summed E-state index contributed by atoms with van der Waals surface area (Å²) in [6.45, 7) is 0.548. The molecular weight excluding hydrogens is 321 g/mol. The van der Waals surface area contributed by atoms with Crippen LogP contribution in [-0.2, 0) is 11.2 Å². The molecule has 120 valence electrons. The van der Waals surface area contributed by atoms with Crippen LogP contribution in [-0.4, -0.2) is 29.9 Å². The topological polar surface area (TPSA) is 71.1 Å². The lowest BCUT2D eigenvalue weighted by atomic mass is 10.1. The van der Waals surface area contributed by atoms with Gasteiger partial charge in [-0.15, -0.1) is 0 Å². The fraction of sp³-hybridized carbons (Fsp3) is 0.188. The molecule has 0 aliphatic heterocycles. The first-order valence-electron chi connectivity index (χ1n) is 6.95. The third kappa shape index (κ3) is 5.67. The predicted molar refractivity (Wildman–Crippen MR) is 84.7 cm³/mol. The van der Waals surface area contributed by atoms with Crippen molar-refractivity contribution in [3.05, 3.63) is 64.7 Å². The molecule has 1 aromatic carbocycles. The van der Waals surface area contributed by atoms with Gasteiger partial charge in [-0.1, -0.05) is 23.7 Å². The molecule has 23 heavy (non-hydrogen) atoms.